The molecule has 1 aliphatic heterocycles. The van der Waals surface area contributed by atoms with Gasteiger partial charge in [-0.05, 0) is 31.9 Å². The van der Waals surface area contributed by atoms with Crippen LogP contribution in [0.15, 0.2) is 41.5 Å². The average molecular weight is 412 g/mol. The molecule has 1 aliphatic rings. The second-order valence-electron chi connectivity index (χ2n) is 7.60. The van der Waals surface area contributed by atoms with Crippen LogP contribution in [0.3, 0.4) is 0 Å². The second-order valence-corrected chi connectivity index (χ2v) is 8.80. The van der Waals surface area contributed by atoms with Gasteiger partial charge in [0.1, 0.15) is 10.9 Å². The summed E-state index contributed by atoms with van der Waals surface area (Å²) in [5, 5.41) is 0.673. The first kappa shape index (κ1) is 19.8. The van der Waals surface area contributed by atoms with Crippen LogP contribution in [0.25, 0.3) is 10.2 Å². The van der Waals surface area contributed by atoms with Crippen molar-refractivity contribution in [3.05, 3.63) is 63.0 Å². The first-order valence-corrected chi connectivity index (χ1v) is 10.7. The maximum absolute atomic E-state index is 12.9. The Morgan fingerprint density at radius 2 is 2.00 bits per heavy atom. The summed E-state index contributed by atoms with van der Waals surface area (Å²) in [4.78, 5) is 33.8. The molecular weight excluding hydrogens is 386 g/mol. The number of morpholine rings is 1. The number of nitrogens with zero attached hydrogens (tertiary/aromatic N) is 3. The van der Waals surface area contributed by atoms with Crippen LogP contribution in [-0.2, 0) is 16.1 Å². The van der Waals surface area contributed by atoms with Crippen LogP contribution in [-0.4, -0.2) is 39.6 Å². The van der Waals surface area contributed by atoms with Gasteiger partial charge in [0.2, 0.25) is 5.91 Å². The Balaban J connectivity index is 1.47. The number of aryl methyl sites for hydroxylation is 3. The highest BCUT2D eigenvalue weighted by Gasteiger charge is 2.29. The molecular formula is C22H25N3O3S. The molecule has 0 aliphatic carbocycles. The number of fused-ring (bicyclic) bond motifs is 1. The lowest BCUT2D eigenvalue weighted by atomic mass is 10.1. The van der Waals surface area contributed by atoms with Gasteiger partial charge in [-0.3, -0.25) is 14.2 Å². The van der Waals surface area contributed by atoms with Crippen LogP contribution in [0.4, 0.5) is 0 Å². The number of benzene rings is 1. The first-order valence-electron chi connectivity index (χ1n) is 9.87. The summed E-state index contributed by atoms with van der Waals surface area (Å²) in [7, 11) is 0. The molecule has 6 nitrogen and oxygen atoms in total. The third-order valence-electron chi connectivity index (χ3n) is 5.51. The van der Waals surface area contributed by atoms with Gasteiger partial charge in [-0.15, -0.1) is 11.3 Å². The van der Waals surface area contributed by atoms with Gasteiger partial charge < -0.3 is 9.64 Å². The van der Waals surface area contributed by atoms with E-state index in [4.69, 9.17) is 4.74 Å². The Bertz CT molecular complexity index is 1090. The zero-order chi connectivity index (χ0) is 20.5. The number of rotatable bonds is 4. The fraction of sp³-hybridized carbons (Fsp3) is 0.409. The Kier molecular flexibility index (Phi) is 5.52. The summed E-state index contributed by atoms with van der Waals surface area (Å²) < 4.78 is 7.59. The molecule has 4 rings (SSSR count). The number of carbonyl (C=O) groups is 1. The quantitative estimate of drug-likeness (QED) is 0.660. The van der Waals surface area contributed by atoms with Crippen LogP contribution in [0.5, 0.6) is 0 Å². The minimum atomic E-state index is -0.124. The van der Waals surface area contributed by atoms with Crippen LogP contribution < -0.4 is 5.56 Å². The smallest absolute Gasteiger partial charge is 0.262 e. The van der Waals surface area contributed by atoms with Crippen molar-refractivity contribution in [3.8, 4) is 0 Å². The molecule has 0 saturated carbocycles. The van der Waals surface area contributed by atoms with Crippen molar-refractivity contribution in [2.24, 2.45) is 0 Å². The van der Waals surface area contributed by atoms with E-state index in [2.05, 4.69) is 4.98 Å². The lowest BCUT2D eigenvalue weighted by molar-refractivity contribution is -0.145. The van der Waals surface area contributed by atoms with Crippen LogP contribution in [0.2, 0.25) is 0 Å². The van der Waals surface area contributed by atoms with Crippen molar-refractivity contribution >= 4 is 27.5 Å². The van der Waals surface area contributed by atoms with E-state index >= 15 is 0 Å². The van der Waals surface area contributed by atoms with E-state index in [-0.39, 0.29) is 30.1 Å². The SMILES string of the molecule is Cc1sc2ncn(CCC(=O)N3C[C@@H](C)O[C@H](c4ccccc4)C3)c(=O)c2c1C. The number of thiophene rings is 1. The summed E-state index contributed by atoms with van der Waals surface area (Å²) in [6.45, 7) is 7.36. The standard InChI is InChI=1S/C22H25N3O3S/c1-14-11-25(12-18(28-14)17-7-5-4-6-8-17)19(26)9-10-24-13-23-21-20(22(24)27)15(2)16(3)29-21/h4-8,13-14,18H,9-12H2,1-3H3/t14-,18+/m1/s1. The fourth-order valence-electron chi connectivity index (χ4n) is 3.81. The Morgan fingerprint density at radius 3 is 2.76 bits per heavy atom. The molecule has 0 unspecified atom stereocenters. The molecule has 0 radical (unpaired) electrons. The summed E-state index contributed by atoms with van der Waals surface area (Å²) >= 11 is 1.53. The van der Waals surface area contributed by atoms with E-state index in [1.165, 1.54) is 11.3 Å². The van der Waals surface area contributed by atoms with Gasteiger partial charge in [-0.2, -0.15) is 0 Å². The Hall–Kier alpha value is -2.51. The molecule has 0 N–H and O–H groups in total. The summed E-state index contributed by atoms with van der Waals surface area (Å²) in [6.07, 6.45) is 1.67. The van der Waals surface area contributed by atoms with Gasteiger partial charge in [0.15, 0.2) is 0 Å². The molecule has 2 aromatic heterocycles. The van der Waals surface area contributed by atoms with E-state index in [0.717, 1.165) is 20.8 Å². The fourth-order valence-corrected chi connectivity index (χ4v) is 4.80. The molecule has 1 aromatic carbocycles. The number of hydrogen-bond donors (Lipinski definition) is 0. The van der Waals surface area contributed by atoms with Gasteiger partial charge in [-0.1, -0.05) is 30.3 Å². The van der Waals surface area contributed by atoms with Gasteiger partial charge in [0.05, 0.1) is 24.4 Å². The normalized spacial score (nSPS) is 19.6. The number of aromatic nitrogens is 2. The van der Waals surface area contributed by atoms with Crippen molar-refractivity contribution in [2.75, 3.05) is 13.1 Å². The second kappa shape index (κ2) is 8.08. The van der Waals surface area contributed by atoms with Gasteiger partial charge in [0, 0.05) is 24.4 Å². The summed E-state index contributed by atoms with van der Waals surface area (Å²) in [6, 6.07) is 9.98. The topological polar surface area (TPSA) is 64.4 Å². The van der Waals surface area contributed by atoms with Crippen LogP contribution in [0.1, 0.15) is 35.5 Å². The van der Waals surface area contributed by atoms with E-state index in [1.54, 1.807) is 10.9 Å². The van der Waals surface area contributed by atoms with Crippen molar-refractivity contribution in [1.82, 2.24) is 14.5 Å². The Morgan fingerprint density at radius 1 is 1.24 bits per heavy atom. The maximum Gasteiger partial charge on any atom is 0.262 e. The summed E-state index contributed by atoms with van der Waals surface area (Å²) in [5.74, 6) is 0.0336. The van der Waals surface area contributed by atoms with Crippen molar-refractivity contribution in [1.29, 1.82) is 0 Å². The molecule has 7 heteroatoms. The monoisotopic (exact) mass is 411 g/mol. The predicted octanol–water partition coefficient (Wildman–Crippen LogP) is 3.45. The zero-order valence-corrected chi connectivity index (χ0v) is 17.7. The van der Waals surface area contributed by atoms with E-state index in [1.807, 2.05) is 56.0 Å². The molecule has 1 saturated heterocycles. The highest BCUT2D eigenvalue weighted by Crippen LogP contribution is 2.26. The third kappa shape index (κ3) is 3.97. The van der Waals surface area contributed by atoms with Crippen LogP contribution >= 0.6 is 11.3 Å². The molecule has 0 spiro atoms. The van der Waals surface area contributed by atoms with Gasteiger partial charge in [0.25, 0.3) is 5.56 Å². The third-order valence-corrected chi connectivity index (χ3v) is 6.62. The predicted molar refractivity (Wildman–Crippen MR) is 114 cm³/mol. The molecule has 3 heterocycles. The Labute approximate surface area is 173 Å². The summed E-state index contributed by atoms with van der Waals surface area (Å²) in [5.41, 5.74) is 1.99. The molecule has 1 fully saturated rings. The van der Waals surface area contributed by atoms with Crippen molar-refractivity contribution in [2.45, 2.75) is 45.9 Å². The zero-order valence-electron chi connectivity index (χ0n) is 16.9. The van der Waals surface area contributed by atoms with Gasteiger partial charge >= 0.3 is 0 Å². The number of ether oxygens (including phenoxy) is 1. The lowest BCUT2D eigenvalue weighted by Gasteiger charge is -2.37. The van der Waals surface area contributed by atoms with E-state index in [9.17, 15) is 9.59 Å². The van der Waals surface area contributed by atoms with Gasteiger partial charge in [-0.25, -0.2) is 4.98 Å². The largest absolute Gasteiger partial charge is 0.367 e. The molecule has 2 atom stereocenters. The highest BCUT2D eigenvalue weighted by atomic mass is 32.1. The lowest BCUT2D eigenvalue weighted by Crippen LogP contribution is -2.46. The minimum absolute atomic E-state index is 0.0323. The average Bonchev–Trinajstić information content (AvgIpc) is 3.02. The molecule has 29 heavy (non-hydrogen) atoms. The molecule has 1 amide bonds. The number of carbonyl (C=O) groups excluding carboxylic acids is 1. The van der Waals surface area contributed by atoms with E-state index in [0.29, 0.717) is 25.0 Å². The van der Waals surface area contributed by atoms with Crippen LogP contribution in [0, 0.1) is 13.8 Å². The van der Waals surface area contributed by atoms with Crippen molar-refractivity contribution < 1.29 is 9.53 Å². The number of hydrogen-bond acceptors (Lipinski definition) is 5. The highest BCUT2D eigenvalue weighted by molar-refractivity contribution is 7.18. The van der Waals surface area contributed by atoms with Crippen molar-refractivity contribution in [3.63, 3.8) is 0 Å². The van der Waals surface area contributed by atoms with E-state index < -0.39 is 0 Å². The maximum atomic E-state index is 12.9. The first-order chi connectivity index (χ1) is 13.9. The molecule has 0 bridgehead atoms. The minimum Gasteiger partial charge on any atom is -0.367 e. The molecule has 3 aromatic rings. The number of amides is 1. The molecule has 152 valence electrons.